The second kappa shape index (κ2) is 12.8. The summed E-state index contributed by atoms with van der Waals surface area (Å²) in [5, 5.41) is 0. The van der Waals surface area contributed by atoms with Crippen molar-refractivity contribution in [3.63, 3.8) is 0 Å². The van der Waals surface area contributed by atoms with Crippen LogP contribution in [0.25, 0.3) is 0 Å². The number of para-hydroxylation sites is 2. The van der Waals surface area contributed by atoms with Gasteiger partial charge in [0.25, 0.3) is 0 Å². The van der Waals surface area contributed by atoms with E-state index in [1.54, 1.807) is 0 Å². The molecular formula is C39H30O3. The maximum atomic E-state index is 14.6. The average molecular weight is 547 g/mol. The Hall–Kier alpha value is -5.41. The quantitative estimate of drug-likeness (QED) is 0.160. The van der Waals surface area contributed by atoms with Crippen LogP contribution >= 0.6 is 0 Å². The molecule has 0 spiro atoms. The fraction of sp³-hybridized carbons (Fsp3) is 0.0513. The van der Waals surface area contributed by atoms with Gasteiger partial charge in [0.05, 0.1) is 0 Å². The van der Waals surface area contributed by atoms with Crippen LogP contribution in [0.2, 0.25) is 0 Å². The van der Waals surface area contributed by atoms with Crippen molar-refractivity contribution in [1.29, 1.82) is 0 Å². The van der Waals surface area contributed by atoms with Crippen molar-refractivity contribution in [3.05, 3.63) is 191 Å². The largest absolute Gasteiger partial charge is 0.457 e. The molecule has 0 aliphatic carbocycles. The van der Waals surface area contributed by atoms with E-state index in [2.05, 4.69) is 24.3 Å². The van der Waals surface area contributed by atoms with E-state index >= 15 is 0 Å². The van der Waals surface area contributed by atoms with Crippen molar-refractivity contribution in [3.8, 4) is 23.0 Å². The van der Waals surface area contributed by atoms with Gasteiger partial charge in [0.2, 0.25) is 0 Å². The predicted molar refractivity (Wildman–Crippen MR) is 168 cm³/mol. The van der Waals surface area contributed by atoms with Crippen molar-refractivity contribution in [1.82, 2.24) is 0 Å². The lowest BCUT2D eigenvalue weighted by molar-refractivity contribution is 0.103. The smallest absolute Gasteiger partial charge is 0.193 e. The summed E-state index contributed by atoms with van der Waals surface area (Å²) in [6, 6.07) is 51.1. The number of ether oxygens (including phenoxy) is 2. The lowest BCUT2D eigenvalue weighted by atomic mass is 9.89. The van der Waals surface area contributed by atoms with Gasteiger partial charge in [0.1, 0.15) is 23.0 Å². The van der Waals surface area contributed by atoms with Crippen molar-refractivity contribution in [2.45, 2.75) is 12.8 Å². The van der Waals surface area contributed by atoms with Crippen molar-refractivity contribution in [2.24, 2.45) is 0 Å². The molecule has 0 fully saturated rings. The maximum Gasteiger partial charge on any atom is 0.193 e. The van der Waals surface area contributed by atoms with Crippen LogP contribution in [-0.4, -0.2) is 5.78 Å². The van der Waals surface area contributed by atoms with Crippen LogP contribution in [0.5, 0.6) is 23.0 Å². The van der Waals surface area contributed by atoms with Gasteiger partial charge in [-0.2, -0.15) is 0 Å². The van der Waals surface area contributed by atoms with Gasteiger partial charge >= 0.3 is 0 Å². The minimum atomic E-state index is -0.0658. The van der Waals surface area contributed by atoms with Gasteiger partial charge in [0, 0.05) is 35.1 Å². The normalized spacial score (nSPS) is 10.7. The van der Waals surface area contributed by atoms with E-state index in [1.165, 1.54) is 0 Å². The molecule has 0 bridgehead atoms. The summed E-state index contributed by atoms with van der Waals surface area (Å²) in [6.07, 6.45) is 1.11. The summed E-state index contributed by atoms with van der Waals surface area (Å²) >= 11 is 0. The third kappa shape index (κ3) is 6.32. The predicted octanol–water partition coefficient (Wildman–Crippen LogP) is 9.68. The number of carbonyl (C=O) groups excluding carboxylic acids is 1. The minimum Gasteiger partial charge on any atom is -0.457 e. The van der Waals surface area contributed by atoms with Crippen LogP contribution in [0.4, 0.5) is 0 Å². The van der Waals surface area contributed by atoms with Gasteiger partial charge in [-0.1, -0.05) is 121 Å². The number of carbonyl (C=O) groups is 1. The highest BCUT2D eigenvalue weighted by Crippen LogP contribution is 2.35. The van der Waals surface area contributed by atoms with Gasteiger partial charge < -0.3 is 9.47 Å². The minimum absolute atomic E-state index is 0.0658. The van der Waals surface area contributed by atoms with E-state index in [0.29, 0.717) is 35.5 Å². The van der Waals surface area contributed by atoms with E-state index in [-0.39, 0.29) is 5.78 Å². The summed E-state index contributed by atoms with van der Waals surface area (Å²) in [7, 11) is 0. The van der Waals surface area contributed by atoms with E-state index in [9.17, 15) is 4.79 Å². The zero-order valence-corrected chi connectivity index (χ0v) is 23.2. The molecule has 6 rings (SSSR count). The molecule has 6 aromatic carbocycles. The Bertz CT molecular complexity index is 1630. The molecule has 0 saturated heterocycles. The van der Waals surface area contributed by atoms with Crippen LogP contribution in [0, 0.1) is 0 Å². The van der Waals surface area contributed by atoms with E-state index in [4.69, 9.17) is 9.47 Å². The summed E-state index contributed by atoms with van der Waals surface area (Å²) in [4.78, 5) is 14.6. The molecule has 0 N–H and O–H groups in total. The third-order valence-electron chi connectivity index (χ3n) is 7.14. The first-order valence-electron chi connectivity index (χ1n) is 14.1. The Morgan fingerprint density at radius 3 is 1.14 bits per heavy atom. The molecule has 0 aliphatic rings. The molecule has 0 amide bonds. The van der Waals surface area contributed by atoms with Gasteiger partial charge in [-0.3, -0.25) is 4.79 Å². The van der Waals surface area contributed by atoms with Gasteiger partial charge in [-0.15, -0.1) is 0 Å². The highest BCUT2D eigenvalue weighted by Gasteiger charge is 2.23. The first-order chi connectivity index (χ1) is 20.7. The molecule has 0 radical (unpaired) electrons. The molecule has 3 heteroatoms. The maximum absolute atomic E-state index is 14.6. The van der Waals surface area contributed by atoms with Crippen LogP contribution in [0.15, 0.2) is 158 Å². The Balaban J connectivity index is 1.46. The van der Waals surface area contributed by atoms with E-state index in [1.807, 2.05) is 133 Å². The number of benzene rings is 6. The van der Waals surface area contributed by atoms with Crippen LogP contribution in [-0.2, 0) is 12.8 Å². The molecule has 0 saturated carbocycles. The Morgan fingerprint density at radius 2 is 0.762 bits per heavy atom. The Morgan fingerprint density at radius 1 is 0.405 bits per heavy atom. The summed E-state index contributed by atoms with van der Waals surface area (Å²) < 4.78 is 12.7. The molecule has 6 aromatic rings. The first-order valence-corrected chi connectivity index (χ1v) is 14.1. The highest BCUT2D eigenvalue weighted by molar-refractivity contribution is 6.11. The van der Waals surface area contributed by atoms with Crippen LogP contribution in [0.3, 0.4) is 0 Å². The van der Waals surface area contributed by atoms with Gasteiger partial charge in [-0.25, -0.2) is 0 Å². The fourth-order valence-corrected chi connectivity index (χ4v) is 5.09. The Kier molecular flexibility index (Phi) is 8.19. The monoisotopic (exact) mass is 546 g/mol. The van der Waals surface area contributed by atoms with Crippen molar-refractivity contribution >= 4 is 5.78 Å². The van der Waals surface area contributed by atoms with Crippen molar-refractivity contribution in [2.75, 3.05) is 0 Å². The van der Waals surface area contributed by atoms with Crippen LogP contribution < -0.4 is 9.47 Å². The summed E-state index contributed by atoms with van der Waals surface area (Å²) in [5.74, 6) is 2.71. The van der Waals surface area contributed by atoms with Crippen molar-refractivity contribution < 1.29 is 14.3 Å². The fourth-order valence-electron chi connectivity index (χ4n) is 5.09. The molecule has 0 atom stereocenters. The number of rotatable bonds is 10. The molecule has 0 unspecified atom stereocenters. The zero-order chi connectivity index (χ0) is 28.6. The molecule has 0 aromatic heterocycles. The molecule has 0 heterocycles. The third-order valence-corrected chi connectivity index (χ3v) is 7.14. The molecule has 0 aliphatic heterocycles. The molecule has 204 valence electrons. The van der Waals surface area contributed by atoms with Gasteiger partial charge in [-0.05, 0) is 47.5 Å². The standard InChI is InChI=1S/C39H30O3/c40-39(33-23-13-25-37(41-31-19-9-3-10-20-31)35(33)27-29-15-5-1-6-16-29)34-24-14-26-38(42-32-21-11-4-12-22-32)36(34)28-30-17-7-2-8-18-30/h1-26H,27-28H2. The van der Waals surface area contributed by atoms with E-state index in [0.717, 1.165) is 33.8 Å². The lowest BCUT2D eigenvalue weighted by Gasteiger charge is -2.18. The molecule has 42 heavy (non-hydrogen) atoms. The zero-order valence-electron chi connectivity index (χ0n) is 23.2. The Labute approximate surface area is 246 Å². The number of hydrogen-bond donors (Lipinski definition) is 0. The number of ketones is 1. The SMILES string of the molecule is O=C(c1cccc(Oc2ccccc2)c1Cc1ccccc1)c1cccc(Oc2ccccc2)c1Cc1ccccc1. The lowest BCUT2D eigenvalue weighted by Crippen LogP contribution is -2.11. The average Bonchev–Trinajstić information content (AvgIpc) is 3.04. The second-order valence-corrected chi connectivity index (χ2v) is 10.0. The second-order valence-electron chi connectivity index (χ2n) is 10.0. The highest BCUT2D eigenvalue weighted by atomic mass is 16.5. The van der Waals surface area contributed by atoms with E-state index < -0.39 is 0 Å². The first kappa shape index (κ1) is 26.8. The molecule has 3 nitrogen and oxygen atoms in total. The number of hydrogen-bond acceptors (Lipinski definition) is 3. The van der Waals surface area contributed by atoms with Gasteiger partial charge in [0.15, 0.2) is 5.78 Å². The summed E-state index contributed by atoms with van der Waals surface area (Å²) in [6.45, 7) is 0. The summed E-state index contributed by atoms with van der Waals surface area (Å²) in [5.41, 5.74) is 5.11. The van der Waals surface area contributed by atoms with Crippen LogP contribution in [0.1, 0.15) is 38.2 Å². The topological polar surface area (TPSA) is 35.5 Å². The molecular weight excluding hydrogens is 516 g/mol.